The highest BCUT2D eigenvalue weighted by molar-refractivity contribution is 7.99. The largest absolute Gasteiger partial charge is 0.497 e. The molecule has 0 aliphatic carbocycles. The number of hydrogen-bond donors (Lipinski definition) is 2. The predicted molar refractivity (Wildman–Crippen MR) is 147 cm³/mol. The highest BCUT2D eigenvalue weighted by Gasteiger charge is 2.26. The molecule has 0 atom stereocenters. The van der Waals surface area contributed by atoms with Crippen LogP contribution in [0.3, 0.4) is 0 Å². The van der Waals surface area contributed by atoms with Gasteiger partial charge in [-0.05, 0) is 61.4 Å². The number of anilines is 2. The van der Waals surface area contributed by atoms with Crippen molar-refractivity contribution in [2.24, 2.45) is 0 Å². The Balaban J connectivity index is 1.24. The van der Waals surface area contributed by atoms with E-state index >= 15 is 0 Å². The second-order valence-corrected chi connectivity index (χ2v) is 12.1. The van der Waals surface area contributed by atoms with Crippen LogP contribution >= 0.6 is 23.1 Å². The molecular formula is C25H28N4O5S3. The molecule has 4 rings (SSSR count). The monoisotopic (exact) mass is 560 g/mol. The van der Waals surface area contributed by atoms with Crippen molar-refractivity contribution in [1.29, 1.82) is 0 Å². The molecule has 9 nitrogen and oxygen atoms in total. The molecule has 1 aliphatic heterocycles. The van der Waals surface area contributed by atoms with E-state index in [1.165, 1.54) is 51.7 Å². The number of aromatic nitrogens is 1. The first-order valence-electron chi connectivity index (χ1n) is 11.7. The number of benzene rings is 2. The summed E-state index contributed by atoms with van der Waals surface area (Å²) in [4.78, 5) is 29.4. The zero-order valence-electron chi connectivity index (χ0n) is 20.3. The number of thioether (sulfide) groups is 1. The van der Waals surface area contributed by atoms with E-state index in [-0.39, 0.29) is 22.5 Å². The van der Waals surface area contributed by atoms with Crippen LogP contribution < -0.4 is 15.4 Å². The van der Waals surface area contributed by atoms with Crippen LogP contribution in [0.5, 0.6) is 5.75 Å². The van der Waals surface area contributed by atoms with Gasteiger partial charge in [-0.2, -0.15) is 4.31 Å². The third-order valence-electron chi connectivity index (χ3n) is 5.70. The fourth-order valence-corrected chi connectivity index (χ4v) is 6.80. The van der Waals surface area contributed by atoms with E-state index in [2.05, 4.69) is 15.6 Å². The normalized spacial score (nSPS) is 14.2. The van der Waals surface area contributed by atoms with Crippen LogP contribution in [0.2, 0.25) is 0 Å². The van der Waals surface area contributed by atoms with Crippen molar-refractivity contribution in [3.05, 3.63) is 65.2 Å². The van der Waals surface area contributed by atoms with E-state index in [4.69, 9.17) is 4.74 Å². The minimum atomic E-state index is -3.54. The van der Waals surface area contributed by atoms with Crippen LogP contribution in [0.4, 0.5) is 10.8 Å². The Morgan fingerprint density at radius 1 is 1.03 bits per heavy atom. The van der Waals surface area contributed by atoms with Gasteiger partial charge in [0.25, 0.3) is 5.91 Å². The highest BCUT2D eigenvalue weighted by Crippen LogP contribution is 2.23. The Labute approximate surface area is 224 Å². The Kier molecular flexibility index (Phi) is 9.19. The van der Waals surface area contributed by atoms with E-state index in [1.54, 1.807) is 31.4 Å². The minimum absolute atomic E-state index is 0.121. The number of carbonyl (C=O) groups is 2. The molecule has 0 spiro atoms. The Morgan fingerprint density at radius 2 is 1.73 bits per heavy atom. The van der Waals surface area contributed by atoms with Crippen molar-refractivity contribution in [2.75, 3.05) is 36.6 Å². The van der Waals surface area contributed by atoms with Gasteiger partial charge >= 0.3 is 0 Å². The number of amides is 2. The average molecular weight is 561 g/mol. The number of carbonyl (C=O) groups excluding carboxylic acids is 2. The molecule has 1 aliphatic rings. The quantitative estimate of drug-likeness (QED) is 0.376. The summed E-state index contributed by atoms with van der Waals surface area (Å²) < 4.78 is 32.2. The maximum atomic E-state index is 12.8. The van der Waals surface area contributed by atoms with Gasteiger partial charge in [-0.25, -0.2) is 13.4 Å². The maximum absolute atomic E-state index is 12.8. The molecule has 1 aromatic heterocycles. The second-order valence-electron chi connectivity index (χ2n) is 8.36. The van der Waals surface area contributed by atoms with Crippen LogP contribution in [0.25, 0.3) is 0 Å². The van der Waals surface area contributed by atoms with E-state index in [0.29, 0.717) is 35.2 Å². The number of nitrogens with zero attached hydrogens (tertiary/aromatic N) is 2. The summed E-state index contributed by atoms with van der Waals surface area (Å²) in [5.74, 6) is 1.01. The molecule has 2 N–H and O–H groups in total. The number of nitrogens with one attached hydrogen (secondary N) is 2. The van der Waals surface area contributed by atoms with Crippen LogP contribution in [0.1, 0.15) is 35.3 Å². The van der Waals surface area contributed by atoms with Gasteiger partial charge in [0, 0.05) is 35.5 Å². The summed E-state index contributed by atoms with van der Waals surface area (Å²) in [6.45, 7) is 1.06. The molecule has 1 saturated heterocycles. The van der Waals surface area contributed by atoms with E-state index in [0.717, 1.165) is 30.7 Å². The molecule has 1 fully saturated rings. The SMILES string of the molecule is COc1ccc(NC(=O)CSCc2csc(NC(=O)c3ccc(S(=O)(=O)N4CCCCC4)cc3)n2)cc1. The number of sulfonamides is 1. The lowest BCUT2D eigenvalue weighted by atomic mass is 10.2. The molecule has 196 valence electrons. The van der Waals surface area contributed by atoms with Crippen LogP contribution in [-0.2, 0) is 20.6 Å². The lowest BCUT2D eigenvalue weighted by molar-refractivity contribution is -0.113. The lowest BCUT2D eigenvalue weighted by Crippen LogP contribution is -2.35. The molecule has 2 amide bonds. The van der Waals surface area contributed by atoms with E-state index in [1.807, 2.05) is 5.38 Å². The Bertz CT molecular complexity index is 1320. The first kappa shape index (κ1) is 27.1. The number of ether oxygens (including phenoxy) is 1. The van der Waals surface area contributed by atoms with Crippen molar-refractivity contribution < 1.29 is 22.7 Å². The van der Waals surface area contributed by atoms with Crippen LogP contribution in [0.15, 0.2) is 58.8 Å². The molecule has 2 aromatic carbocycles. The average Bonchev–Trinajstić information content (AvgIpc) is 3.36. The summed E-state index contributed by atoms with van der Waals surface area (Å²) in [6, 6.07) is 13.1. The molecule has 12 heteroatoms. The standard InChI is InChI=1S/C25H28N4O5S3/c1-34-21-9-7-19(8-10-21)26-23(30)17-35-15-20-16-36-25(27-20)28-24(31)18-5-11-22(12-6-18)37(32,33)29-13-3-2-4-14-29/h5-12,16H,2-4,13-15,17H2,1H3,(H,26,30)(H,27,28,31). The fraction of sp³-hybridized carbons (Fsp3) is 0.320. The first-order chi connectivity index (χ1) is 17.8. The Hall–Kier alpha value is -2.93. The fourth-order valence-electron chi connectivity index (χ4n) is 3.75. The molecule has 0 bridgehead atoms. The van der Waals surface area contributed by atoms with Crippen molar-refractivity contribution in [3.8, 4) is 5.75 Å². The third-order valence-corrected chi connectivity index (χ3v) is 9.38. The van der Waals surface area contributed by atoms with Gasteiger partial charge in [0.15, 0.2) is 5.13 Å². The molecule has 2 heterocycles. The summed E-state index contributed by atoms with van der Waals surface area (Å²) in [6.07, 6.45) is 2.78. The number of hydrogen-bond acceptors (Lipinski definition) is 8. The maximum Gasteiger partial charge on any atom is 0.257 e. The smallest absolute Gasteiger partial charge is 0.257 e. The number of thiazole rings is 1. The molecule has 0 unspecified atom stereocenters. The molecule has 37 heavy (non-hydrogen) atoms. The van der Waals surface area contributed by atoms with Gasteiger partial charge in [-0.15, -0.1) is 23.1 Å². The van der Waals surface area contributed by atoms with Gasteiger partial charge in [0.2, 0.25) is 15.9 Å². The predicted octanol–water partition coefficient (Wildman–Crippen LogP) is 4.45. The molecule has 3 aromatic rings. The second kappa shape index (κ2) is 12.5. The van der Waals surface area contributed by atoms with Crippen molar-refractivity contribution in [3.63, 3.8) is 0 Å². The van der Waals surface area contributed by atoms with Gasteiger partial charge in [0.1, 0.15) is 5.75 Å². The summed E-state index contributed by atoms with van der Waals surface area (Å²) >= 11 is 2.71. The lowest BCUT2D eigenvalue weighted by Gasteiger charge is -2.25. The van der Waals surface area contributed by atoms with Gasteiger partial charge in [-0.3, -0.25) is 14.9 Å². The number of methoxy groups -OCH3 is 1. The molecular weight excluding hydrogens is 532 g/mol. The van der Waals surface area contributed by atoms with Crippen molar-refractivity contribution in [1.82, 2.24) is 9.29 Å². The summed E-state index contributed by atoms with van der Waals surface area (Å²) in [7, 11) is -1.95. The molecule has 0 saturated carbocycles. The zero-order valence-corrected chi connectivity index (χ0v) is 22.8. The van der Waals surface area contributed by atoms with E-state index in [9.17, 15) is 18.0 Å². The number of rotatable bonds is 10. The molecule has 0 radical (unpaired) electrons. The third kappa shape index (κ3) is 7.31. The highest BCUT2D eigenvalue weighted by atomic mass is 32.2. The van der Waals surface area contributed by atoms with Gasteiger partial charge in [0.05, 0.1) is 23.5 Å². The first-order valence-corrected chi connectivity index (χ1v) is 15.2. The van der Waals surface area contributed by atoms with Gasteiger partial charge < -0.3 is 10.1 Å². The zero-order chi connectivity index (χ0) is 26.3. The summed E-state index contributed by atoms with van der Waals surface area (Å²) in [5, 5.41) is 7.85. The topological polar surface area (TPSA) is 118 Å². The van der Waals surface area contributed by atoms with Crippen LogP contribution in [0, 0.1) is 0 Å². The van der Waals surface area contributed by atoms with Crippen molar-refractivity contribution in [2.45, 2.75) is 29.9 Å². The Morgan fingerprint density at radius 3 is 2.41 bits per heavy atom. The van der Waals surface area contributed by atoms with E-state index < -0.39 is 10.0 Å². The minimum Gasteiger partial charge on any atom is -0.497 e. The van der Waals surface area contributed by atoms with Gasteiger partial charge in [-0.1, -0.05) is 6.42 Å². The van der Waals surface area contributed by atoms with Crippen molar-refractivity contribution >= 4 is 55.8 Å². The van der Waals surface area contributed by atoms with Crippen LogP contribution in [-0.4, -0.2) is 55.5 Å². The number of piperidine rings is 1. The summed E-state index contributed by atoms with van der Waals surface area (Å²) in [5.41, 5.74) is 1.80.